The van der Waals surface area contributed by atoms with Crippen LogP contribution in [-0.4, -0.2) is 35.9 Å². The highest BCUT2D eigenvalue weighted by Crippen LogP contribution is 2.45. The molecule has 1 unspecified atom stereocenters. The van der Waals surface area contributed by atoms with E-state index in [0.29, 0.717) is 11.6 Å². The fraction of sp³-hybridized carbons (Fsp3) is 0.174. The molecule has 0 fully saturated rings. The van der Waals surface area contributed by atoms with E-state index in [1.807, 2.05) is 0 Å². The maximum atomic E-state index is 15.2. The van der Waals surface area contributed by atoms with Gasteiger partial charge in [0.2, 0.25) is 0 Å². The van der Waals surface area contributed by atoms with Gasteiger partial charge >= 0.3 is 12.1 Å². The molecule has 0 spiro atoms. The van der Waals surface area contributed by atoms with Crippen LogP contribution in [0.5, 0.6) is 11.5 Å². The normalized spacial score (nSPS) is 17.9. The molecule has 1 atom stereocenters. The number of halogens is 4. The van der Waals surface area contributed by atoms with E-state index in [2.05, 4.69) is 25.1 Å². The number of benzene rings is 2. The van der Waals surface area contributed by atoms with Crippen LogP contribution in [-0.2, 0) is 6.54 Å². The second-order valence-electron chi connectivity index (χ2n) is 7.39. The third-order valence-electron chi connectivity index (χ3n) is 4.98. The van der Waals surface area contributed by atoms with Crippen LogP contribution in [0.1, 0.15) is 26.4 Å². The summed E-state index contributed by atoms with van der Waals surface area (Å²) in [6, 6.07) is 11.3. The lowest BCUT2D eigenvalue weighted by molar-refractivity contribution is -0.347. The number of hydrogen-bond acceptors (Lipinski definition) is 6. The van der Waals surface area contributed by atoms with Crippen molar-refractivity contribution in [1.29, 1.82) is 0 Å². The Morgan fingerprint density at radius 2 is 1.74 bits per heavy atom. The van der Waals surface area contributed by atoms with Crippen molar-refractivity contribution in [3.05, 3.63) is 83.4 Å². The Balaban J connectivity index is 1.54. The van der Waals surface area contributed by atoms with Crippen molar-refractivity contribution in [2.75, 3.05) is 12.4 Å². The molecule has 8 nitrogen and oxygen atoms in total. The van der Waals surface area contributed by atoms with Crippen molar-refractivity contribution < 1.29 is 36.6 Å². The molecule has 0 bridgehead atoms. The summed E-state index contributed by atoms with van der Waals surface area (Å²) in [4.78, 5) is 28.5. The van der Waals surface area contributed by atoms with Crippen LogP contribution in [0.15, 0.2) is 60.8 Å². The van der Waals surface area contributed by atoms with E-state index in [0.717, 1.165) is 12.1 Å². The molecule has 1 aliphatic rings. The van der Waals surface area contributed by atoms with Gasteiger partial charge in [-0.05, 0) is 42.0 Å². The van der Waals surface area contributed by atoms with E-state index in [1.165, 1.54) is 42.8 Å². The standard InChI is InChI=1S/C23H18F4N4O4/c1-28-21(33)17-10-13(8-9-29-17)12-30-16-5-3-2-4-15(16)20(32)31-23(27)22(25,26)34-18-7-6-14(24)11-19(18)35-23/h2-11,30H,12H2,1H3,(H,28,33)(H,31,32). The van der Waals surface area contributed by atoms with Crippen LogP contribution < -0.4 is 25.4 Å². The van der Waals surface area contributed by atoms with Gasteiger partial charge in [0, 0.05) is 31.5 Å². The fourth-order valence-electron chi connectivity index (χ4n) is 3.24. The van der Waals surface area contributed by atoms with Crippen molar-refractivity contribution in [1.82, 2.24) is 15.6 Å². The van der Waals surface area contributed by atoms with Gasteiger partial charge in [0.25, 0.3) is 11.8 Å². The number of nitrogens with one attached hydrogen (secondary N) is 3. The van der Waals surface area contributed by atoms with E-state index in [4.69, 9.17) is 0 Å². The van der Waals surface area contributed by atoms with Crippen LogP contribution in [0.4, 0.5) is 23.2 Å². The number of carbonyl (C=O) groups excluding carboxylic acids is 2. The quantitative estimate of drug-likeness (QED) is 0.361. The van der Waals surface area contributed by atoms with Crippen LogP contribution in [0, 0.1) is 5.82 Å². The molecule has 2 heterocycles. The van der Waals surface area contributed by atoms with Gasteiger partial charge < -0.3 is 20.1 Å². The minimum Gasteiger partial charge on any atom is -0.429 e. The molecule has 3 N–H and O–H groups in total. The summed E-state index contributed by atoms with van der Waals surface area (Å²) in [7, 11) is 1.46. The predicted molar refractivity (Wildman–Crippen MR) is 115 cm³/mol. The number of rotatable bonds is 6. The highest BCUT2D eigenvalue weighted by Gasteiger charge is 2.65. The van der Waals surface area contributed by atoms with Crippen LogP contribution in [0.25, 0.3) is 0 Å². The minimum absolute atomic E-state index is 0.125. The third kappa shape index (κ3) is 4.81. The number of aromatic nitrogens is 1. The smallest absolute Gasteiger partial charge is 0.429 e. The number of amides is 2. The van der Waals surface area contributed by atoms with Crippen molar-refractivity contribution in [2.45, 2.75) is 18.6 Å². The summed E-state index contributed by atoms with van der Waals surface area (Å²) in [5, 5.41) is 6.89. The first-order valence-corrected chi connectivity index (χ1v) is 10.2. The zero-order chi connectivity index (χ0) is 25.2. The van der Waals surface area contributed by atoms with Gasteiger partial charge in [-0.25, -0.2) is 4.39 Å². The number of pyridine rings is 1. The van der Waals surface area contributed by atoms with Crippen LogP contribution in [0.3, 0.4) is 0 Å². The summed E-state index contributed by atoms with van der Waals surface area (Å²) in [6.07, 6.45) is -3.20. The molecule has 0 saturated carbocycles. The first-order valence-electron chi connectivity index (χ1n) is 10.2. The second-order valence-corrected chi connectivity index (χ2v) is 7.39. The summed E-state index contributed by atoms with van der Waals surface area (Å²) in [6.45, 7) is 0.125. The molecule has 35 heavy (non-hydrogen) atoms. The van der Waals surface area contributed by atoms with E-state index >= 15 is 4.39 Å². The number of ether oxygens (including phenoxy) is 2. The summed E-state index contributed by atoms with van der Waals surface area (Å²) >= 11 is 0. The zero-order valence-electron chi connectivity index (χ0n) is 18.1. The molecule has 0 radical (unpaired) electrons. The summed E-state index contributed by atoms with van der Waals surface area (Å²) in [5.74, 6) is -7.87. The van der Waals surface area contributed by atoms with Gasteiger partial charge in [0.1, 0.15) is 11.5 Å². The summed E-state index contributed by atoms with van der Waals surface area (Å²) in [5.41, 5.74) is 0.795. The van der Waals surface area contributed by atoms with Gasteiger partial charge in [0.05, 0.1) is 5.56 Å². The average Bonchev–Trinajstić information content (AvgIpc) is 2.83. The predicted octanol–water partition coefficient (Wildman–Crippen LogP) is 3.61. The second kappa shape index (κ2) is 9.12. The van der Waals surface area contributed by atoms with Crippen molar-refractivity contribution in [3.8, 4) is 11.5 Å². The molecule has 2 amide bonds. The van der Waals surface area contributed by atoms with Gasteiger partial charge in [-0.2, -0.15) is 13.2 Å². The molecular weight excluding hydrogens is 472 g/mol. The first kappa shape index (κ1) is 23.8. The van der Waals surface area contributed by atoms with Gasteiger partial charge in [-0.15, -0.1) is 0 Å². The van der Waals surface area contributed by atoms with Crippen molar-refractivity contribution >= 4 is 17.5 Å². The Bertz CT molecular complexity index is 1290. The van der Waals surface area contributed by atoms with E-state index in [9.17, 15) is 22.8 Å². The Morgan fingerprint density at radius 3 is 2.51 bits per heavy atom. The number of para-hydroxylation sites is 1. The molecule has 2 aromatic carbocycles. The number of alkyl halides is 3. The molecule has 1 aliphatic heterocycles. The maximum absolute atomic E-state index is 15.2. The van der Waals surface area contributed by atoms with E-state index in [-0.39, 0.29) is 23.5 Å². The molecule has 12 heteroatoms. The van der Waals surface area contributed by atoms with Gasteiger partial charge in [-0.3, -0.25) is 19.9 Å². The Labute approximate surface area is 196 Å². The number of nitrogens with zero attached hydrogens (tertiary/aromatic N) is 1. The van der Waals surface area contributed by atoms with Gasteiger partial charge in [0.15, 0.2) is 11.5 Å². The molecule has 0 saturated heterocycles. The van der Waals surface area contributed by atoms with Crippen molar-refractivity contribution in [3.63, 3.8) is 0 Å². The number of carbonyl (C=O) groups is 2. The average molecular weight is 490 g/mol. The molecule has 1 aromatic heterocycles. The van der Waals surface area contributed by atoms with Crippen molar-refractivity contribution in [2.24, 2.45) is 0 Å². The van der Waals surface area contributed by atoms with Crippen LogP contribution >= 0.6 is 0 Å². The Hall–Kier alpha value is -4.35. The largest absolute Gasteiger partial charge is 0.494 e. The SMILES string of the molecule is CNC(=O)c1cc(CNc2ccccc2C(=O)NC2(F)Oc3cc(F)ccc3OC2(F)F)ccn1. The van der Waals surface area contributed by atoms with E-state index in [1.54, 1.807) is 12.1 Å². The maximum Gasteiger partial charge on any atom is 0.494 e. The molecule has 3 aromatic rings. The number of fused-ring (bicyclic) bond motifs is 1. The van der Waals surface area contributed by atoms with Gasteiger partial charge in [-0.1, -0.05) is 12.1 Å². The number of anilines is 1. The Kier molecular flexibility index (Phi) is 6.20. The third-order valence-corrected chi connectivity index (χ3v) is 4.98. The molecule has 0 aliphatic carbocycles. The van der Waals surface area contributed by atoms with E-state index < -0.39 is 41.2 Å². The molecule has 4 rings (SSSR count). The molecular formula is C23H18F4N4O4. The lowest BCUT2D eigenvalue weighted by Gasteiger charge is -2.37. The highest BCUT2D eigenvalue weighted by molar-refractivity contribution is 6.00. The fourth-order valence-corrected chi connectivity index (χ4v) is 3.24. The Morgan fingerprint density at radius 1 is 0.971 bits per heavy atom. The number of hydrogen-bond donors (Lipinski definition) is 3. The first-order chi connectivity index (χ1) is 16.6. The topological polar surface area (TPSA) is 102 Å². The lowest BCUT2D eigenvalue weighted by Crippen LogP contribution is -2.65. The lowest BCUT2D eigenvalue weighted by atomic mass is 10.1. The highest BCUT2D eigenvalue weighted by atomic mass is 19.3. The van der Waals surface area contributed by atoms with Crippen LogP contribution in [0.2, 0.25) is 0 Å². The zero-order valence-corrected chi connectivity index (χ0v) is 18.1. The monoisotopic (exact) mass is 490 g/mol. The summed E-state index contributed by atoms with van der Waals surface area (Å²) < 4.78 is 66.5. The minimum atomic E-state index is -4.62. The molecule has 182 valence electrons.